The Morgan fingerprint density at radius 1 is 1.14 bits per heavy atom. The van der Waals surface area contributed by atoms with Crippen LogP contribution in [0.25, 0.3) is 10.9 Å². The van der Waals surface area contributed by atoms with E-state index in [9.17, 15) is 4.79 Å². The van der Waals surface area contributed by atoms with Crippen molar-refractivity contribution in [3.05, 3.63) is 54.2 Å². The van der Waals surface area contributed by atoms with E-state index in [1.807, 2.05) is 67.2 Å². The predicted molar refractivity (Wildman–Crippen MR) is 83.6 cm³/mol. The molecule has 0 unspecified atom stereocenters. The van der Waals surface area contributed by atoms with Crippen LogP contribution in [0.5, 0.6) is 0 Å². The second kappa shape index (κ2) is 4.94. The molecule has 0 aliphatic rings. The fraction of sp³-hybridized carbons (Fsp3) is 0.125. The van der Waals surface area contributed by atoms with Gasteiger partial charge in [-0.1, -0.05) is 18.2 Å². The number of carbonyl (C=O) groups is 1. The Morgan fingerprint density at radius 2 is 1.86 bits per heavy atom. The summed E-state index contributed by atoms with van der Waals surface area (Å²) in [5.41, 5.74) is 8.91. The molecule has 5 heteroatoms. The van der Waals surface area contributed by atoms with Crippen LogP contribution in [0.3, 0.4) is 0 Å². The lowest BCUT2D eigenvalue weighted by Crippen LogP contribution is -2.31. The number of benzene rings is 2. The summed E-state index contributed by atoms with van der Waals surface area (Å²) in [6.45, 7) is 2.01. The van der Waals surface area contributed by atoms with E-state index < -0.39 is 6.03 Å². The summed E-state index contributed by atoms with van der Waals surface area (Å²) in [4.78, 5) is 13.3. The van der Waals surface area contributed by atoms with Crippen LogP contribution >= 0.6 is 0 Å². The zero-order valence-corrected chi connectivity index (χ0v) is 11.9. The second-order valence-electron chi connectivity index (χ2n) is 4.92. The first-order chi connectivity index (χ1) is 10.1. The number of anilines is 2. The Bertz CT molecular complexity index is 808. The van der Waals surface area contributed by atoms with Gasteiger partial charge >= 0.3 is 6.03 Å². The molecule has 0 atom stereocenters. The largest absolute Gasteiger partial charge is 0.351 e. The van der Waals surface area contributed by atoms with E-state index in [0.717, 1.165) is 22.3 Å². The predicted octanol–water partition coefficient (Wildman–Crippen LogP) is 3.10. The van der Waals surface area contributed by atoms with Crippen LogP contribution in [-0.2, 0) is 7.05 Å². The Labute approximate surface area is 122 Å². The highest BCUT2D eigenvalue weighted by molar-refractivity contribution is 6.00. The van der Waals surface area contributed by atoms with Crippen LogP contribution < -0.4 is 10.6 Å². The summed E-state index contributed by atoms with van der Waals surface area (Å²) in [7, 11) is 1.90. The number of rotatable bonds is 2. The average Bonchev–Trinajstić information content (AvgIpc) is 2.75. The van der Waals surface area contributed by atoms with Gasteiger partial charge in [0.25, 0.3) is 0 Å². The fourth-order valence-corrected chi connectivity index (χ4v) is 2.44. The van der Waals surface area contributed by atoms with Crippen molar-refractivity contribution in [2.75, 3.05) is 4.90 Å². The first-order valence-electron chi connectivity index (χ1n) is 6.66. The molecule has 2 aromatic carbocycles. The molecule has 3 rings (SSSR count). The number of hydrogen-bond acceptors (Lipinski definition) is 2. The van der Waals surface area contributed by atoms with Crippen molar-refractivity contribution in [3.63, 3.8) is 0 Å². The third-order valence-corrected chi connectivity index (χ3v) is 3.61. The average molecular weight is 280 g/mol. The number of carbonyl (C=O) groups excluding carboxylic acids is 1. The minimum Gasteiger partial charge on any atom is -0.351 e. The molecule has 21 heavy (non-hydrogen) atoms. The smallest absolute Gasteiger partial charge is 0.323 e. The van der Waals surface area contributed by atoms with Gasteiger partial charge in [-0.2, -0.15) is 5.10 Å². The molecule has 0 radical (unpaired) electrons. The SMILES string of the molecule is Cc1c2ccc(N(C(N)=O)c3ccccc3)cc2nn1C. The zero-order valence-electron chi connectivity index (χ0n) is 11.9. The molecular formula is C16H16N4O. The van der Waals surface area contributed by atoms with Gasteiger partial charge in [0.05, 0.1) is 16.9 Å². The van der Waals surface area contributed by atoms with Crippen molar-refractivity contribution in [2.24, 2.45) is 12.8 Å². The van der Waals surface area contributed by atoms with Crippen molar-refractivity contribution in [3.8, 4) is 0 Å². The Hall–Kier alpha value is -2.82. The second-order valence-corrected chi connectivity index (χ2v) is 4.92. The monoisotopic (exact) mass is 280 g/mol. The highest BCUT2D eigenvalue weighted by atomic mass is 16.2. The molecule has 5 nitrogen and oxygen atoms in total. The summed E-state index contributed by atoms with van der Waals surface area (Å²) in [6.07, 6.45) is 0. The third kappa shape index (κ3) is 2.23. The quantitative estimate of drug-likeness (QED) is 0.784. The number of nitrogens with zero attached hydrogens (tertiary/aromatic N) is 3. The van der Waals surface area contributed by atoms with Crippen molar-refractivity contribution >= 4 is 28.3 Å². The highest BCUT2D eigenvalue weighted by Crippen LogP contribution is 2.28. The molecule has 0 saturated carbocycles. The van der Waals surface area contributed by atoms with Gasteiger partial charge in [-0.25, -0.2) is 4.79 Å². The lowest BCUT2D eigenvalue weighted by atomic mass is 10.1. The van der Waals surface area contributed by atoms with E-state index in [1.54, 1.807) is 0 Å². The van der Waals surface area contributed by atoms with Crippen LogP contribution in [0.15, 0.2) is 48.5 Å². The van der Waals surface area contributed by atoms with Crippen LogP contribution in [0.1, 0.15) is 5.69 Å². The number of fused-ring (bicyclic) bond motifs is 1. The van der Waals surface area contributed by atoms with Crippen LogP contribution in [-0.4, -0.2) is 15.8 Å². The van der Waals surface area contributed by atoms with Gasteiger partial charge in [0, 0.05) is 18.1 Å². The minimum atomic E-state index is -0.520. The van der Waals surface area contributed by atoms with Gasteiger partial charge in [0.15, 0.2) is 0 Å². The number of para-hydroxylation sites is 1. The van der Waals surface area contributed by atoms with Crippen LogP contribution in [0, 0.1) is 6.92 Å². The van der Waals surface area contributed by atoms with Gasteiger partial charge in [0.1, 0.15) is 0 Å². The number of hydrogen-bond donors (Lipinski definition) is 1. The molecule has 0 aliphatic heterocycles. The maximum absolute atomic E-state index is 11.8. The molecule has 0 spiro atoms. The lowest BCUT2D eigenvalue weighted by molar-refractivity contribution is 0.256. The standard InChI is InChI=1S/C16H16N4O/c1-11-14-9-8-13(10-15(14)18-19(11)2)20(16(17)21)12-6-4-3-5-7-12/h3-10H,1-2H3,(H2,17,21). The Balaban J connectivity index is 2.14. The summed E-state index contributed by atoms with van der Waals surface area (Å²) < 4.78 is 1.82. The van der Waals surface area contributed by atoms with Crippen molar-refractivity contribution in [1.29, 1.82) is 0 Å². The van der Waals surface area contributed by atoms with Crippen molar-refractivity contribution in [1.82, 2.24) is 9.78 Å². The molecule has 0 fully saturated rings. The number of amides is 2. The molecule has 0 aliphatic carbocycles. The molecule has 3 aromatic rings. The Kier molecular flexibility index (Phi) is 3.10. The van der Waals surface area contributed by atoms with Gasteiger partial charge in [-0.15, -0.1) is 0 Å². The first-order valence-corrected chi connectivity index (χ1v) is 6.66. The fourth-order valence-electron chi connectivity index (χ4n) is 2.44. The first kappa shape index (κ1) is 13.2. The Morgan fingerprint density at radius 3 is 2.52 bits per heavy atom. The maximum atomic E-state index is 11.8. The van der Waals surface area contributed by atoms with E-state index in [1.165, 1.54) is 4.90 Å². The van der Waals surface area contributed by atoms with Gasteiger partial charge in [-0.05, 0) is 37.3 Å². The van der Waals surface area contributed by atoms with Gasteiger partial charge in [-0.3, -0.25) is 9.58 Å². The number of primary amides is 1. The van der Waals surface area contributed by atoms with E-state index in [2.05, 4.69) is 5.10 Å². The molecular weight excluding hydrogens is 264 g/mol. The molecule has 2 N–H and O–H groups in total. The van der Waals surface area contributed by atoms with Gasteiger partial charge in [0.2, 0.25) is 0 Å². The maximum Gasteiger partial charge on any atom is 0.323 e. The van der Waals surface area contributed by atoms with E-state index in [0.29, 0.717) is 5.69 Å². The van der Waals surface area contributed by atoms with Crippen LogP contribution in [0.4, 0.5) is 16.2 Å². The molecule has 1 aromatic heterocycles. The van der Waals surface area contributed by atoms with E-state index in [4.69, 9.17) is 5.73 Å². The number of aryl methyl sites for hydroxylation is 2. The van der Waals surface area contributed by atoms with Crippen molar-refractivity contribution in [2.45, 2.75) is 6.92 Å². The third-order valence-electron chi connectivity index (χ3n) is 3.61. The summed E-state index contributed by atoms with van der Waals surface area (Å²) in [5.74, 6) is 0. The van der Waals surface area contributed by atoms with Crippen LogP contribution in [0.2, 0.25) is 0 Å². The lowest BCUT2D eigenvalue weighted by Gasteiger charge is -2.20. The molecule has 2 amide bonds. The van der Waals surface area contributed by atoms with E-state index in [-0.39, 0.29) is 0 Å². The van der Waals surface area contributed by atoms with E-state index >= 15 is 0 Å². The van der Waals surface area contributed by atoms with Gasteiger partial charge < -0.3 is 5.73 Å². The summed E-state index contributed by atoms with van der Waals surface area (Å²) in [5, 5.41) is 5.51. The summed E-state index contributed by atoms with van der Waals surface area (Å²) >= 11 is 0. The minimum absolute atomic E-state index is 0.520. The number of urea groups is 1. The molecule has 0 saturated heterocycles. The molecule has 106 valence electrons. The number of nitrogens with two attached hydrogens (primary N) is 1. The van der Waals surface area contributed by atoms with Crippen molar-refractivity contribution < 1.29 is 4.79 Å². The molecule has 1 heterocycles. The number of aromatic nitrogens is 2. The topological polar surface area (TPSA) is 64.2 Å². The summed E-state index contributed by atoms with van der Waals surface area (Å²) in [6, 6.07) is 14.5. The zero-order chi connectivity index (χ0) is 15.0. The molecule has 0 bridgehead atoms. The normalized spacial score (nSPS) is 10.8. The highest BCUT2D eigenvalue weighted by Gasteiger charge is 2.16.